The lowest BCUT2D eigenvalue weighted by Crippen LogP contribution is -2.28. The molecule has 0 aliphatic rings. The van der Waals surface area contributed by atoms with Gasteiger partial charge in [-0.2, -0.15) is 21.6 Å². The van der Waals surface area contributed by atoms with E-state index in [0.717, 1.165) is 12.3 Å². The Morgan fingerprint density at radius 3 is 2.55 bits per heavy atom. The number of esters is 1. The number of aromatic nitrogens is 1. The van der Waals surface area contributed by atoms with E-state index in [1.165, 1.54) is 25.3 Å². The highest BCUT2D eigenvalue weighted by molar-refractivity contribution is 7.87. The zero-order valence-corrected chi connectivity index (χ0v) is 11.7. The van der Waals surface area contributed by atoms with Crippen molar-refractivity contribution in [1.29, 1.82) is 0 Å². The van der Waals surface area contributed by atoms with Crippen LogP contribution in [0.25, 0.3) is 10.8 Å². The van der Waals surface area contributed by atoms with Crippen LogP contribution in [0.3, 0.4) is 0 Å². The van der Waals surface area contributed by atoms with Crippen molar-refractivity contribution in [3.63, 3.8) is 0 Å². The van der Waals surface area contributed by atoms with Gasteiger partial charge >= 0.3 is 21.6 Å². The van der Waals surface area contributed by atoms with Crippen LogP contribution < -0.4 is 4.18 Å². The summed E-state index contributed by atoms with van der Waals surface area (Å²) in [6.07, 6.45) is 1.03. The van der Waals surface area contributed by atoms with Gasteiger partial charge in [0.05, 0.1) is 12.7 Å². The van der Waals surface area contributed by atoms with Crippen molar-refractivity contribution >= 4 is 26.9 Å². The van der Waals surface area contributed by atoms with Crippen LogP contribution >= 0.6 is 0 Å². The molecule has 1 aromatic carbocycles. The Hall–Kier alpha value is -2.36. The zero-order valence-electron chi connectivity index (χ0n) is 10.9. The number of hydrogen-bond acceptors (Lipinski definition) is 6. The Balaban J connectivity index is 2.47. The van der Waals surface area contributed by atoms with Crippen LogP contribution in [-0.2, 0) is 14.9 Å². The average molecular weight is 335 g/mol. The van der Waals surface area contributed by atoms with Gasteiger partial charge in [0.1, 0.15) is 0 Å². The molecular weight excluding hydrogens is 327 g/mol. The van der Waals surface area contributed by atoms with Gasteiger partial charge in [0.2, 0.25) is 5.88 Å². The first-order valence-corrected chi connectivity index (χ1v) is 7.04. The monoisotopic (exact) mass is 335 g/mol. The molecule has 0 atom stereocenters. The molecule has 0 aliphatic carbocycles. The van der Waals surface area contributed by atoms with Gasteiger partial charge in [0.25, 0.3) is 0 Å². The zero-order chi connectivity index (χ0) is 16.5. The lowest BCUT2D eigenvalue weighted by molar-refractivity contribution is -0.0501. The fourth-order valence-electron chi connectivity index (χ4n) is 1.64. The minimum atomic E-state index is -5.80. The van der Waals surface area contributed by atoms with Gasteiger partial charge in [-0.05, 0) is 11.5 Å². The largest absolute Gasteiger partial charge is 0.534 e. The highest BCUT2D eigenvalue weighted by Crippen LogP contribution is 2.28. The number of alkyl halides is 3. The van der Waals surface area contributed by atoms with Crippen LogP contribution in [0.1, 0.15) is 10.4 Å². The van der Waals surface area contributed by atoms with Crippen molar-refractivity contribution in [1.82, 2.24) is 4.98 Å². The molecule has 0 saturated heterocycles. The summed E-state index contributed by atoms with van der Waals surface area (Å²) in [7, 11) is -4.64. The number of pyridine rings is 1. The summed E-state index contributed by atoms with van der Waals surface area (Å²) < 4.78 is 67.1. The van der Waals surface area contributed by atoms with Gasteiger partial charge in [-0.3, -0.25) is 0 Å². The third kappa shape index (κ3) is 2.96. The van der Waals surface area contributed by atoms with Gasteiger partial charge < -0.3 is 8.92 Å². The number of carbonyl (C=O) groups is 1. The van der Waals surface area contributed by atoms with Gasteiger partial charge in [-0.15, -0.1) is 0 Å². The number of halogens is 3. The van der Waals surface area contributed by atoms with E-state index in [-0.39, 0.29) is 16.3 Å². The van der Waals surface area contributed by atoms with Crippen LogP contribution in [0.15, 0.2) is 30.5 Å². The Kier molecular flexibility index (Phi) is 3.96. The van der Waals surface area contributed by atoms with Gasteiger partial charge in [0, 0.05) is 17.6 Å². The number of hydrogen-bond donors (Lipinski definition) is 0. The maximum Gasteiger partial charge on any atom is 0.534 e. The lowest BCUT2D eigenvalue weighted by atomic mass is 10.1. The Morgan fingerprint density at radius 2 is 1.95 bits per heavy atom. The molecule has 0 spiro atoms. The van der Waals surface area contributed by atoms with Crippen LogP contribution in [0.5, 0.6) is 5.88 Å². The second-order valence-electron chi connectivity index (χ2n) is 4.02. The Labute approximate surface area is 122 Å². The molecule has 0 fully saturated rings. The molecule has 1 heterocycles. The summed E-state index contributed by atoms with van der Waals surface area (Å²) in [5.41, 5.74) is -5.42. The Morgan fingerprint density at radius 1 is 1.27 bits per heavy atom. The van der Waals surface area contributed by atoms with Crippen molar-refractivity contribution in [2.24, 2.45) is 0 Å². The summed E-state index contributed by atoms with van der Waals surface area (Å²) >= 11 is 0. The number of nitrogens with zero attached hydrogens (tertiary/aromatic N) is 1. The molecule has 2 aromatic rings. The molecule has 6 nitrogen and oxygen atoms in total. The van der Waals surface area contributed by atoms with Crippen molar-refractivity contribution in [3.8, 4) is 5.88 Å². The third-order valence-electron chi connectivity index (χ3n) is 2.62. The molecule has 0 N–H and O–H groups in total. The average Bonchev–Trinajstić information content (AvgIpc) is 2.44. The van der Waals surface area contributed by atoms with E-state index in [0.29, 0.717) is 0 Å². The first-order chi connectivity index (χ1) is 10.2. The SMILES string of the molecule is COC(=O)c1cccc2cc(OS(=O)(=O)C(F)(F)F)ncc12. The van der Waals surface area contributed by atoms with Crippen LogP contribution in [-0.4, -0.2) is 32.0 Å². The molecule has 0 bridgehead atoms. The number of rotatable bonds is 3. The summed E-state index contributed by atoms with van der Waals surface area (Å²) in [6.45, 7) is 0. The van der Waals surface area contributed by atoms with Crippen LogP contribution in [0, 0.1) is 0 Å². The minimum Gasteiger partial charge on any atom is -0.465 e. The molecule has 0 aliphatic heterocycles. The predicted molar refractivity (Wildman–Crippen MR) is 68.7 cm³/mol. The van der Waals surface area contributed by atoms with E-state index >= 15 is 0 Å². The molecule has 22 heavy (non-hydrogen) atoms. The maximum atomic E-state index is 12.2. The second-order valence-corrected chi connectivity index (χ2v) is 5.56. The first-order valence-electron chi connectivity index (χ1n) is 5.63. The number of benzene rings is 1. The topological polar surface area (TPSA) is 82.6 Å². The van der Waals surface area contributed by atoms with E-state index in [2.05, 4.69) is 13.9 Å². The van der Waals surface area contributed by atoms with Crippen molar-refractivity contribution in [2.75, 3.05) is 7.11 Å². The van der Waals surface area contributed by atoms with E-state index < -0.39 is 27.5 Å². The van der Waals surface area contributed by atoms with Gasteiger partial charge in [-0.1, -0.05) is 12.1 Å². The molecular formula is C12H8F3NO5S. The van der Waals surface area contributed by atoms with Crippen LogP contribution in [0.4, 0.5) is 13.2 Å². The standard InChI is InChI=1S/C12H8F3NO5S/c1-20-11(17)8-4-2-3-7-5-10(16-6-9(7)8)21-22(18,19)12(13,14)15/h2-6H,1H3. The number of fused-ring (bicyclic) bond motifs is 1. The smallest absolute Gasteiger partial charge is 0.465 e. The summed E-state index contributed by atoms with van der Waals surface area (Å²) in [4.78, 5) is 15.0. The summed E-state index contributed by atoms with van der Waals surface area (Å²) in [6, 6.07) is 5.32. The Bertz CT molecular complexity index is 832. The first kappa shape index (κ1) is 16.0. The number of carbonyl (C=O) groups excluding carboxylic acids is 1. The van der Waals surface area contributed by atoms with Crippen LogP contribution in [0.2, 0.25) is 0 Å². The molecule has 118 valence electrons. The van der Waals surface area contributed by atoms with E-state index in [4.69, 9.17) is 0 Å². The highest BCUT2D eigenvalue weighted by atomic mass is 32.2. The summed E-state index contributed by atoms with van der Waals surface area (Å²) in [5.74, 6) is -1.42. The molecule has 10 heteroatoms. The molecule has 1 aromatic heterocycles. The van der Waals surface area contributed by atoms with Gasteiger partial charge in [0.15, 0.2) is 0 Å². The molecule has 0 amide bonds. The fourth-order valence-corrected chi connectivity index (χ4v) is 2.06. The van der Waals surface area contributed by atoms with E-state index in [1.54, 1.807) is 0 Å². The van der Waals surface area contributed by atoms with Crippen molar-refractivity contribution < 1.29 is 35.3 Å². The normalized spacial score (nSPS) is 12.2. The van der Waals surface area contributed by atoms with E-state index in [9.17, 15) is 26.4 Å². The third-order valence-corrected chi connectivity index (χ3v) is 3.58. The minimum absolute atomic E-state index is 0.137. The fraction of sp³-hybridized carbons (Fsp3) is 0.167. The van der Waals surface area contributed by atoms with E-state index in [1.807, 2.05) is 0 Å². The highest BCUT2D eigenvalue weighted by Gasteiger charge is 2.48. The molecule has 0 radical (unpaired) electrons. The summed E-state index contributed by atoms with van der Waals surface area (Å²) in [5, 5.41) is 0.552. The number of ether oxygens (including phenoxy) is 1. The lowest BCUT2D eigenvalue weighted by Gasteiger charge is -2.10. The van der Waals surface area contributed by atoms with Gasteiger partial charge in [-0.25, -0.2) is 9.78 Å². The van der Waals surface area contributed by atoms with Crippen molar-refractivity contribution in [3.05, 3.63) is 36.0 Å². The molecule has 0 saturated carbocycles. The maximum absolute atomic E-state index is 12.2. The second kappa shape index (κ2) is 5.44. The molecule has 0 unspecified atom stereocenters. The number of methoxy groups -OCH3 is 1. The predicted octanol–water partition coefficient (Wildman–Crippen LogP) is 2.25. The quantitative estimate of drug-likeness (QED) is 0.486. The van der Waals surface area contributed by atoms with Crippen molar-refractivity contribution in [2.45, 2.75) is 5.51 Å². The molecule has 2 rings (SSSR count).